The van der Waals surface area contributed by atoms with E-state index >= 15 is 0 Å². The molecule has 0 fully saturated rings. The first-order valence-corrected chi connectivity index (χ1v) is 9.38. The van der Waals surface area contributed by atoms with Crippen molar-refractivity contribution in [3.05, 3.63) is 62.0 Å². The van der Waals surface area contributed by atoms with E-state index in [-0.39, 0.29) is 22.4 Å². The highest BCUT2D eigenvalue weighted by atomic mass is 35.5. The summed E-state index contributed by atoms with van der Waals surface area (Å²) in [5, 5.41) is 6.36. The van der Waals surface area contributed by atoms with Gasteiger partial charge in [-0.15, -0.1) is 11.3 Å². The molecule has 6 nitrogen and oxygen atoms in total. The topological polar surface area (TPSA) is 81.8 Å². The SMILES string of the molecule is C[C@H](c1n[nH]c(=O)c2cc(F)c(F)cc12)N(C)C(=O)c1cc2sc(Cl)cc2[nH]1. The number of amides is 1. The second-order valence-electron chi connectivity index (χ2n) is 6.35. The number of carbonyl (C=O) groups is 1. The Labute approximate surface area is 165 Å². The molecule has 2 N–H and O–H groups in total. The molecule has 3 aromatic heterocycles. The number of fused-ring (bicyclic) bond motifs is 2. The minimum absolute atomic E-state index is 0.0355. The molecule has 0 aliphatic rings. The predicted octanol–water partition coefficient (Wildman–Crippen LogP) is 4.23. The molecule has 1 amide bonds. The van der Waals surface area contributed by atoms with Crippen LogP contribution in [0.25, 0.3) is 21.0 Å². The van der Waals surface area contributed by atoms with Crippen LogP contribution in [-0.2, 0) is 0 Å². The fourth-order valence-electron chi connectivity index (χ4n) is 3.05. The number of thiophene rings is 1. The summed E-state index contributed by atoms with van der Waals surface area (Å²) in [4.78, 5) is 29.2. The molecule has 4 aromatic rings. The van der Waals surface area contributed by atoms with Crippen LogP contribution in [0.2, 0.25) is 4.34 Å². The van der Waals surface area contributed by atoms with Gasteiger partial charge in [0.2, 0.25) is 0 Å². The number of nitrogens with zero attached hydrogens (tertiary/aromatic N) is 2. The Morgan fingerprint density at radius 3 is 2.57 bits per heavy atom. The maximum Gasteiger partial charge on any atom is 0.272 e. The van der Waals surface area contributed by atoms with E-state index in [1.54, 1.807) is 26.1 Å². The quantitative estimate of drug-likeness (QED) is 0.518. The lowest BCUT2D eigenvalue weighted by atomic mass is 10.1. The summed E-state index contributed by atoms with van der Waals surface area (Å²) in [5.41, 5.74) is 0.726. The van der Waals surface area contributed by atoms with Crippen molar-refractivity contribution in [2.24, 2.45) is 0 Å². The van der Waals surface area contributed by atoms with E-state index in [9.17, 15) is 18.4 Å². The summed E-state index contributed by atoms with van der Waals surface area (Å²) in [7, 11) is 1.56. The predicted molar refractivity (Wildman–Crippen MR) is 104 cm³/mol. The van der Waals surface area contributed by atoms with Crippen molar-refractivity contribution in [3.63, 3.8) is 0 Å². The number of halogens is 3. The average Bonchev–Trinajstić information content (AvgIpc) is 3.19. The van der Waals surface area contributed by atoms with Crippen LogP contribution in [-0.4, -0.2) is 33.0 Å². The van der Waals surface area contributed by atoms with Crippen molar-refractivity contribution in [1.82, 2.24) is 20.1 Å². The van der Waals surface area contributed by atoms with Crippen LogP contribution in [0.3, 0.4) is 0 Å². The van der Waals surface area contributed by atoms with Crippen LogP contribution in [0.5, 0.6) is 0 Å². The highest BCUT2D eigenvalue weighted by molar-refractivity contribution is 7.22. The normalized spacial score (nSPS) is 12.6. The number of aromatic nitrogens is 3. The summed E-state index contributed by atoms with van der Waals surface area (Å²) in [6.45, 7) is 1.68. The Morgan fingerprint density at radius 1 is 1.21 bits per heavy atom. The van der Waals surface area contributed by atoms with E-state index in [4.69, 9.17) is 11.6 Å². The number of carbonyl (C=O) groups excluding carboxylic acids is 1. The van der Waals surface area contributed by atoms with E-state index in [2.05, 4.69) is 15.2 Å². The van der Waals surface area contributed by atoms with Gasteiger partial charge in [0.15, 0.2) is 11.6 Å². The largest absolute Gasteiger partial charge is 0.350 e. The molecule has 0 spiro atoms. The second-order valence-corrected chi connectivity index (χ2v) is 8.07. The van der Waals surface area contributed by atoms with E-state index in [0.29, 0.717) is 10.0 Å². The highest BCUT2D eigenvalue weighted by Gasteiger charge is 2.25. The molecule has 0 aliphatic carbocycles. The fourth-order valence-corrected chi connectivity index (χ4v) is 4.19. The number of hydrogen-bond acceptors (Lipinski definition) is 4. The lowest BCUT2D eigenvalue weighted by molar-refractivity contribution is 0.0735. The first-order valence-electron chi connectivity index (χ1n) is 8.19. The Morgan fingerprint density at radius 2 is 1.89 bits per heavy atom. The molecule has 0 unspecified atom stereocenters. The monoisotopic (exact) mass is 422 g/mol. The molecule has 4 rings (SSSR count). The molecule has 0 radical (unpaired) electrons. The van der Waals surface area contributed by atoms with Crippen molar-refractivity contribution < 1.29 is 13.6 Å². The van der Waals surface area contributed by atoms with Crippen LogP contribution < -0.4 is 5.56 Å². The minimum atomic E-state index is -1.13. The van der Waals surface area contributed by atoms with Crippen molar-refractivity contribution in [2.45, 2.75) is 13.0 Å². The molecule has 144 valence electrons. The fraction of sp³-hybridized carbons (Fsp3) is 0.167. The van der Waals surface area contributed by atoms with E-state index in [1.165, 1.54) is 16.2 Å². The Hall–Kier alpha value is -2.78. The molecule has 0 bridgehead atoms. The third-order valence-corrected chi connectivity index (χ3v) is 5.87. The highest BCUT2D eigenvalue weighted by Crippen LogP contribution is 2.31. The second kappa shape index (κ2) is 6.68. The van der Waals surface area contributed by atoms with Crippen LogP contribution >= 0.6 is 22.9 Å². The van der Waals surface area contributed by atoms with Crippen molar-refractivity contribution >= 4 is 49.8 Å². The first kappa shape index (κ1) is 18.6. The van der Waals surface area contributed by atoms with Gasteiger partial charge in [-0.1, -0.05) is 11.6 Å². The minimum Gasteiger partial charge on any atom is -0.350 e. The number of nitrogens with one attached hydrogen (secondary N) is 2. The van der Waals surface area contributed by atoms with Gasteiger partial charge in [-0.2, -0.15) is 5.10 Å². The van der Waals surface area contributed by atoms with Gasteiger partial charge in [0.25, 0.3) is 11.5 Å². The zero-order valence-corrected chi connectivity index (χ0v) is 16.2. The van der Waals surface area contributed by atoms with Gasteiger partial charge in [0.1, 0.15) is 5.69 Å². The van der Waals surface area contributed by atoms with Gasteiger partial charge in [-0.3, -0.25) is 9.59 Å². The maximum atomic E-state index is 13.8. The zero-order chi connectivity index (χ0) is 20.2. The lowest BCUT2D eigenvalue weighted by Gasteiger charge is -2.24. The van der Waals surface area contributed by atoms with Gasteiger partial charge in [0.05, 0.1) is 31.7 Å². The molecule has 0 saturated heterocycles. The first-order chi connectivity index (χ1) is 13.3. The average molecular weight is 423 g/mol. The summed E-state index contributed by atoms with van der Waals surface area (Å²) in [6, 6.07) is 4.55. The molecule has 28 heavy (non-hydrogen) atoms. The molecule has 0 saturated carbocycles. The standard InChI is InChI=1S/C18H13ClF2N4O2S/c1-7(16-8-3-10(20)11(21)4-9(8)17(26)24-23-16)25(2)18(27)13-5-14-12(22-13)6-15(19)28-14/h3-7,22H,1-2H3,(H,24,26)/t7-/m1/s1. The summed E-state index contributed by atoms with van der Waals surface area (Å²) in [5.74, 6) is -2.54. The van der Waals surface area contributed by atoms with E-state index < -0.39 is 23.2 Å². The smallest absolute Gasteiger partial charge is 0.272 e. The number of aromatic amines is 2. The summed E-state index contributed by atoms with van der Waals surface area (Å²) in [6.07, 6.45) is 0. The Balaban J connectivity index is 1.73. The number of hydrogen-bond donors (Lipinski definition) is 2. The molecular formula is C18H13ClF2N4O2S. The van der Waals surface area contributed by atoms with Crippen molar-refractivity contribution in [3.8, 4) is 0 Å². The number of rotatable bonds is 3. The van der Waals surface area contributed by atoms with E-state index in [1.807, 2.05) is 0 Å². The van der Waals surface area contributed by atoms with Crippen LogP contribution in [0.15, 0.2) is 29.1 Å². The zero-order valence-electron chi connectivity index (χ0n) is 14.6. The van der Waals surface area contributed by atoms with Gasteiger partial charge in [0, 0.05) is 12.4 Å². The molecule has 3 heterocycles. The summed E-state index contributed by atoms with van der Waals surface area (Å²) >= 11 is 7.30. The summed E-state index contributed by atoms with van der Waals surface area (Å²) < 4.78 is 28.8. The maximum absolute atomic E-state index is 13.8. The number of H-pyrrole nitrogens is 2. The van der Waals surface area contributed by atoms with Crippen LogP contribution in [0.1, 0.15) is 29.1 Å². The van der Waals surface area contributed by atoms with Crippen molar-refractivity contribution in [2.75, 3.05) is 7.05 Å². The molecular weight excluding hydrogens is 410 g/mol. The van der Waals surface area contributed by atoms with E-state index in [0.717, 1.165) is 22.3 Å². The van der Waals surface area contributed by atoms with Gasteiger partial charge < -0.3 is 9.88 Å². The number of benzene rings is 1. The van der Waals surface area contributed by atoms with Gasteiger partial charge in [-0.05, 0) is 31.2 Å². The van der Waals surface area contributed by atoms with Crippen LogP contribution in [0.4, 0.5) is 8.78 Å². The molecule has 1 atom stereocenters. The van der Waals surface area contributed by atoms with Gasteiger partial charge in [-0.25, -0.2) is 13.9 Å². The molecule has 10 heteroatoms. The third-order valence-electron chi connectivity index (χ3n) is 4.66. The Kier molecular flexibility index (Phi) is 4.43. The Bertz CT molecular complexity index is 1260. The molecule has 1 aromatic carbocycles. The van der Waals surface area contributed by atoms with Gasteiger partial charge >= 0.3 is 0 Å². The third kappa shape index (κ3) is 2.96. The van der Waals surface area contributed by atoms with Crippen molar-refractivity contribution in [1.29, 1.82) is 0 Å². The van der Waals surface area contributed by atoms with Crippen LogP contribution in [0, 0.1) is 11.6 Å². The molecule has 0 aliphatic heterocycles. The lowest BCUT2D eigenvalue weighted by Crippen LogP contribution is -2.31.